The number of aromatic nitrogens is 1. The van der Waals surface area contributed by atoms with Crippen molar-refractivity contribution in [3.8, 4) is 11.3 Å². The first-order valence-electron chi connectivity index (χ1n) is 9.47. The Morgan fingerprint density at radius 2 is 1.79 bits per heavy atom. The van der Waals surface area contributed by atoms with E-state index in [1.54, 1.807) is 12.1 Å². The number of fused-ring (bicyclic) bond motifs is 5. The number of hydrogen-bond acceptors (Lipinski definition) is 3. The van der Waals surface area contributed by atoms with Crippen molar-refractivity contribution in [3.63, 3.8) is 0 Å². The summed E-state index contributed by atoms with van der Waals surface area (Å²) in [5.74, 6) is -0.911. The summed E-state index contributed by atoms with van der Waals surface area (Å²) in [5.41, 5.74) is 5.84. The molecule has 0 spiro atoms. The molecule has 0 saturated carbocycles. The van der Waals surface area contributed by atoms with E-state index in [1.165, 1.54) is 27.3 Å². The summed E-state index contributed by atoms with van der Waals surface area (Å²) in [4.78, 5) is 18.6. The zero-order chi connectivity index (χ0) is 19.3. The zero-order valence-corrected chi connectivity index (χ0v) is 15.6. The molecule has 28 heavy (non-hydrogen) atoms. The molecular weight excluding hydrogens is 348 g/mol. The van der Waals surface area contributed by atoms with Gasteiger partial charge in [0.05, 0.1) is 16.8 Å². The van der Waals surface area contributed by atoms with Crippen molar-refractivity contribution in [2.75, 3.05) is 13.6 Å². The van der Waals surface area contributed by atoms with Crippen LogP contribution in [-0.2, 0) is 13.0 Å². The van der Waals surface area contributed by atoms with Gasteiger partial charge in [-0.25, -0.2) is 9.78 Å². The smallest absolute Gasteiger partial charge is 0.335 e. The van der Waals surface area contributed by atoms with Gasteiger partial charge in [-0.05, 0) is 53.6 Å². The Labute approximate surface area is 163 Å². The van der Waals surface area contributed by atoms with Crippen molar-refractivity contribution in [1.82, 2.24) is 9.88 Å². The summed E-state index contributed by atoms with van der Waals surface area (Å²) in [7, 11) is 2.13. The Hall–Kier alpha value is -3.24. The second-order valence-electron chi connectivity index (χ2n) is 7.47. The first kappa shape index (κ1) is 16.9. The lowest BCUT2D eigenvalue weighted by atomic mass is 9.89. The third kappa shape index (κ3) is 2.65. The van der Waals surface area contributed by atoms with E-state index in [0.717, 1.165) is 36.3 Å². The van der Waals surface area contributed by atoms with Crippen molar-refractivity contribution in [3.05, 3.63) is 77.4 Å². The van der Waals surface area contributed by atoms with Gasteiger partial charge in [0.25, 0.3) is 0 Å². The summed E-state index contributed by atoms with van der Waals surface area (Å²) in [6.45, 7) is 1.87. The van der Waals surface area contributed by atoms with Crippen LogP contribution in [0.3, 0.4) is 0 Å². The van der Waals surface area contributed by atoms with Crippen molar-refractivity contribution in [2.24, 2.45) is 0 Å². The number of benzene rings is 3. The molecule has 4 nitrogen and oxygen atoms in total. The molecule has 0 aliphatic carbocycles. The normalized spacial score (nSPS) is 14.3. The second-order valence-corrected chi connectivity index (χ2v) is 7.47. The van der Waals surface area contributed by atoms with Crippen molar-refractivity contribution in [1.29, 1.82) is 0 Å². The van der Waals surface area contributed by atoms with Gasteiger partial charge in [-0.15, -0.1) is 0 Å². The molecule has 0 amide bonds. The molecule has 0 radical (unpaired) electrons. The molecule has 1 N–H and O–H groups in total. The number of carboxylic acid groups (broad SMARTS) is 1. The minimum absolute atomic E-state index is 0.293. The molecule has 0 fully saturated rings. The maximum atomic E-state index is 11.2. The molecule has 4 heteroatoms. The van der Waals surface area contributed by atoms with Gasteiger partial charge in [0.1, 0.15) is 0 Å². The lowest BCUT2D eigenvalue weighted by Gasteiger charge is -2.28. The Kier molecular flexibility index (Phi) is 3.88. The van der Waals surface area contributed by atoms with Crippen LogP contribution in [0.5, 0.6) is 0 Å². The number of aromatic carboxylic acids is 1. The third-order valence-electron chi connectivity index (χ3n) is 5.67. The summed E-state index contributed by atoms with van der Waals surface area (Å²) in [5, 5.41) is 12.9. The van der Waals surface area contributed by atoms with Crippen LogP contribution in [0.15, 0.2) is 60.7 Å². The summed E-state index contributed by atoms with van der Waals surface area (Å²) in [6.07, 6.45) is 0.985. The highest BCUT2D eigenvalue weighted by molar-refractivity contribution is 6.09. The molecule has 0 atom stereocenters. The first-order valence-corrected chi connectivity index (χ1v) is 9.47. The molecule has 0 bridgehead atoms. The lowest BCUT2D eigenvalue weighted by molar-refractivity contribution is 0.0697. The maximum absolute atomic E-state index is 11.2. The lowest BCUT2D eigenvalue weighted by Crippen LogP contribution is -2.27. The molecule has 2 heterocycles. The molecule has 5 rings (SSSR count). The van der Waals surface area contributed by atoms with E-state index in [2.05, 4.69) is 48.3 Å². The second kappa shape index (κ2) is 6.43. The van der Waals surface area contributed by atoms with E-state index in [0.29, 0.717) is 5.56 Å². The van der Waals surface area contributed by atoms with E-state index in [-0.39, 0.29) is 0 Å². The van der Waals surface area contributed by atoms with Crippen LogP contribution in [0.1, 0.15) is 21.5 Å². The van der Waals surface area contributed by atoms with Crippen LogP contribution < -0.4 is 0 Å². The molecule has 1 aliphatic rings. The number of likely N-dealkylation sites (N-methyl/N-ethyl adjacent to an activating group) is 1. The van der Waals surface area contributed by atoms with Crippen molar-refractivity contribution in [2.45, 2.75) is 13.0 Å². The third-order valence-corrected chi connectivity index (χ3v) is 5.67. The highest BCUT2D eigenvalue weighted by atomic mass is 16.4. The van der Waals surface area contributed by atoms with Crippen LogP contribution in [-0.4, -0.2) is 34.6 Å². The summed E-state index contributed by atoms with van der Waals surface area (Å²) in [6, 6.07) is 19.8. The molecular formula is C24H20N2O2. The molecule has 4 aromatic rings. The van der Waals surface area contributed by atoms with Crippen LogP contribution in [0.4, 0.5) is 0 Å². The average Bonchev–Trinajstić information content (AvgIpc) is 2.72. The molecule has 138 valence electrons. The van der Waals surface area contributed by atoms with Gasteiger partial charge in [0.15, 0.2) is 0 Å². The van der Waals surface area contributed by atoms with Crippen LogP contribution >= 0.6 is 0 Å². The highest BCUT2D eigenvalue weighted by Crippen LogP contribution is 2.37. The fourth-order valence-electron chi connectivity index (χ4n) is 4.26. The topological polar surface area (TPSA) is 53.4 Å². The number of pyridine rings is 1. The summed E-state index contributed by atoms with van der Waals surface area (Å²) < 4.78 is 0. The number of nitrogens with zero attached hydrogens (tertiary/aromatic N) is 2. The number of carboxylic acids is 1. The quantitative estimate of drug-likeness (QED) is 0.519. The van der Waals surface area contributed by atoms with Gasteiger partial charge in [-0.3, -0.25) is 0 Å². The minimum atomic E-state index is -0.911. The van der Waals surface area contributed by atoms with Crippen molar-refractivity contribution < 1.29 is 9.90 Å². The molecule has 3 aromatic carbocycles. The average molecular weight is 368 g/mol. The van der Waals surface area contributed by atoms with E-state index in [4.69, 9.17) is 4.98 Å². The zero-order valence-electron chi connectivity index (χ0n) is 15.6. The largest absolute Gasteiger partial charge is 0.478 e. The van der Waals surface area contributed by atoms with Gasteiger partial charge < -0.3 is 10.0 Å². The van der Waals surface area contributed by atoms with Crippen LogP contribution in [0, 0.1) is 0 Å². The Balaban J connectivity index is 1.81. The van der Waals surface area contributed by atoms with E-state index in [9.17, 15) is 9.90 Å². The van der Waals surface area contributed by atoms with Gasteiger partial charge in [0.2, 0.25) is 0 Å². The monoisotopic (exact) mass is 368 g/mol. The Bertz CT molecular complexity index is 1230. The highest BCUT2D eigenvalue weighted by Gasteiger charge is 2.22. The number of hydrogen-bond donors (Lipinski definition) is 1. The number of carbonyl (C=O) groups is 1. The van der Waals surface area contributed by atoms with Gasteiger partial charge in [0, 0.05) is 24.0 Å². The first-order chi connectivity index (χ1) is 13.6. The molecule has 1 aromatic heterocycles. The van der Waals surface area contributed by atoms with Crippen molar-refractivity contribution >= 4 is 27.6 Å². The van der Waals surface area contributed by atoms with E-state index >= 15 is 0 Å². The molecule has 0 unspecified atom stereocenters. The fraction of sp³-hybridized carbons (Fsp3) is 0.167. The maximum Gasteiger partial charge on any atom is 0.335 e. The van der Waals surface area contributed by atoms with Gasteiger partial charge in [-0.1, -0.05) is 42.5 Å². The van der Waals surface area contributed by atoms with Gasteiger partial charge >= 0.3 is 5.97 Å². The van der Waals surface area contributed by atoms with E-state index in [1.807, 2.05) is 12.1 Å². The minimum Gasteiger partial charge on any atom is -0.478 e. The van der Waals surface area contributed by atoms with Crippen LogP contribution in [0.2, 0.25) is 0 Å². The Morgan fingerprint density at radius 1 is 1.00 bits per heavy atom. The van der Waals surface area contributed by atoms with E-state index < -0.39 is 5.97 Å². The van der Waals surface area contributed by atoms with Gasteiger partial charge in [-0.2, -0.15) is 0 Å². The molecule has 0 saturated heterocycles. The molecule has 1 aliphatic heterocycles. The number of rotatable bonds is 2. The van der Waals surface area contributed by atoms with Crippen LogP contribution in [0.25, 0.3) is 32.9 Å². The summed E-state index contributed by atoms with van der Waals surface area (Å²) >= 11 is 0. The standard InChI is InChI=1S/C24H20N2O2/c1-26-13-12-19-20(14-26)23(16-6-8-17(9-7-16)24(27)28)25-21-11-10-15-4-2-3-5-18(15)22(19)21/h2-11H,12-14H2,1H3,(H,27,28). The SMILES string of the molecule is CN1CCc2c(c(-c3ccc(C(=O)O)cc3)nc3ccc4ccccc4c23)C1. The predicted molar refractivity (Wildman–Crippen MR) is 112 cm³/mol. The predicted octanol–water partition coefficient (Wildman–Crippen LogP) is 4.74. The Morgan fingerprint density at radius 3 is 2.57 bits per heavy atom. The fourth-order valence-corrected chi connectivity index (χ4v) is 4.26.